The summed E-state index contributed by atoms with van der Waals surface area (Å²) >= 11 is 0. The van der Waals surface area contributed by atoms with Crippen molar-refractivity contribution in [2.45, 2.75) is 26.1 Å². The fourth-order valence-corrected chi connectivity index (χ4v) is 4.15. The number of carbonyl (C=O) groups is 2. The van der Waals surface area contributed by atoms with E-state index in [-0.39, 0.29) is 11.8 Å². The van der Waals surface area contributed by atoms with Crippen molar-refractivity contribution in [1.29, 1.82) is 0 Å². The van der Waals surface area contributed by atoms with Crippen molar-refractivity contribution in [3.05, 3.63) is 102 Å². The summed E-state index contributed by atoms with van der Waals surface area (Å²) in [6.07, 6.45) is 0.400. The number of nitrogens with one attached hydrogen (secondary N) is 1. The van der Waals surface area contributed by atoms with Gasteiger partial charge in [-0.25, -0.2) is 4.68 Å². The molecule has 2 amide bonds. The Balaban J connectivity index is 1.29. The molecule has 3 aromatic carbocycles. The second-order valence-corrected chi connectivity index (χ2v) is 8.43. The van der Waals surface area contributed by atoms with E-state index in [1.54, 1.807) is 24.1 Å². The first-order valence-electron chi connectivity index (χ1n) is 11.5. The van der Waals surface area contributed by atoms with Crippen LogP contribution in [0.25, 0.3) is 11.3 Å². The van der Waals surface area contributed by atoms with Gasteiger partial charge in [0.05, 0.1) is 25.9 Å². The van der Waals surface area contributed by atoms with Crippen LogP contribution in [0, 0.1) is 0 Å². The minimum atomic E-state index is -0.128. The van der Waals surface area contributed by atoms with Crippen LogP contribution in [0.15, 0.2) is 84.9 Å². The SMILES string of the molecule is COc1ccc(-c2cc3n(n2)CCC(=O)N3Cc2ccc(C(=O)NCc3ccccc3)cc2)cc1. The predicted molar refractivity (Wildman–Crippen MR) is 134 cm³/mol. The summed E-state index contributed by atoms with van der Waals surface area (Å²) in [5.74, 6) is 1.49. The van der Waals surface area contributed by atoms with Gasteiger partial charge in [-0.05, 0) is 47.5 Å². The van der Waals surface area contributed by atoms with E-state index in [0.29, 0.717) is 31.6 Å². The Morgan fingerprint density at radius 1 is 0.971 bits per heavy atom. The van der Waals surface area contributed by atoms with Gasteiger partial charge in [0, 0.05) is 30.2 Å². The van der Waals surface area contributed by atoms with Gasteiger partial charge in [-0.3, -0.25) is 14.5 Å². The number of benzene rings is 3. The van der Waals surface area contributed by atoms with E-state index in [1.807, 2.05) is 77.5 Å². The van der Waals surface area contributed by atoms with E-state index in [0.717, 1.165) is 34.0 Å². The molecule has 0 saturated carbocycles. The first kappa shape index (κ1) is 22.4. The topological polar surface area (TPSA) is 76.5 Å². The molecule has 0 unspecified atom stereocenters. The fourth-order valence-electron chi connectivity index (χ4n) is 4.15. The molecule has 35 heavy (non-hydrogen) atoms. The highest BCUT2D eigenvalue weighted by molar-refractivity contribution is 5.95. The monoisotopic (exact) mass is 466 g/mol. The summed E-state index contributed by atoms with van der Waals surface area (Å²) in [7, 11) is 1.64. The summed E-state index contributed by atoms with van der Waals surface area (Å²) in [6.45, 7) is 1.45. The number of nitrogens with zero attached hydrogens (tertiary/aromatic N) is 3. The van der Waals surface area contributed by atoms with Crippen LogP contribution in [0.2, 0.25) is 0 Å². The summed E-state index contributed by atoms with van der Waals surface area (Å²) in [5.41, 5.74) is 4.35. The molecule has 0 spiro atoms. The summed E-state index contributed by atoms with van der Waals surface area (Å²) < 4.78 is 7.12. The zero-order valence-corrected chi connectivity index (χ0v) is 19.5. The molecular weight excluding hydrogens is 440 g/mol. The van der Waals surface area contributed by atoms with Gasteiger partial charge in [-0.1, -0.05) is 42.5 Å². The van der Waals surface area contributed by atoms with Crippen molar-refractivity contribution in [2.75, 3.05) is 12.0 Å². The maximum absolute atomic E-state index is 12.8. The number of aromatic nitrogens is 2. The van der Waals surface area contributed by atoms with Gasteiger partial charge in [0.15, 0.2) is 0 Å². The highest BCUT2D eigenvalue weighted by Gasteiger charge is 2.26. The minimum absolute atomic E-state index is 0.0587. The number of fused-ring (bicyclic) bond motifs is 1. The van der Waals surface area contributed by atoms with Crippen LogP contribution in [-0.2, 0) is 24.4 Å². The molecule has 7 heteroatoms. The molecule has 2 heterocycles. The second kappa shape index (κ2) is 9.85. The van der Waals surface area contributed by atoms with Gasteiger partial charge >= 0.3 is 0 Å². The predicted octanol–water partition coefficient (Wildman–Crippen LogP) is 4.43. The van der Waals surface area contributed by atoms with E-state index >= 15 is 0 Å². The number of hydrogen-bond acceptors (Lipinski definition) is 4. The molecule has 0 aliphatic carbocycles. The quantitative estimate of drug-likeness (QED) is 0.437. The van der Waals surface area contributed by atoms with Crippen LogP contribution < -0.4 is 15.0 Å². The zero-order valence-electron chi connectivity index (χ0n) is 19.5. The first-order chi connectivity index (χ1) is 17.1. The summed E-state index contributed by atoms with van der Waals surface area (Å²) in [5, 5.41) is 7.65. The van der Waals surface area contributed by atoms with Gasteiger partial charge in [-0.15, -0.1) is 0 Å². The van der Waals surface area contributed by atoms with E-state index in [9.17, 15) is 9.59 Å². The second-order valence-electron chi connectivity index (χ2n) is 8.43. The fraction of sp³-hybridized carbons (Fsp3) is 0.179. The molecule has 1 N–H and O–H groups in total. The number of ether oxygens (including phenoxy) is 1. The van der Waals surface area contributed by atoms with Gasteiger partial charge < -0.3 is 10.1 Å². The number of methoxy groups -OCH3 is 1. The third kappa shape index (κ3) is 4.94. The number of anilines is 1. The Morgan fingerprint density at radius 2 is 1.71 bits per heavy atom. The van der Waals surface area contributed by atoms with Crippen molar-refractivity contribution >= 4 is 17.6 Å². The maximum Gasteiger partial charge on any atom is 0.251 e. The molecule has 4 aromatic rings. The largest absolute Gasteiger partial charge is 0.497 e. The average molecular weight is 467 g/mol. The van der Waals surface area contributed by atoms with Gasteiger partial charge in [-0.2, -0.15) is 5.10 Å². The number of amides is 2. The van der Waals surface area contributed by atoms with Gasteiger partial charge in [0.1, 0.15) is 11.6 Å². The lowest BCUT2D eigenvalue weighted by Gasteiger charge is -2.27. The molecule has 176 valence electrons. The maximum atomic E-state index is 12.8. The lowest BCUT2D eigenvalue weighted by molar-refractivity contribution is -0.119. The summed E-state index contributed by atoms with van der Waals surface area (Å²) in [4.78, 5) is 27.1. The molecule has 0 radical (unpaired) electrons. The van der Waals surface area contributed by atoms with Crippen molar-refractivity contribution in [3.63, 3.8) is 0 Å². The Morgan fingerprint density at radius 3 is 2.43 bits per heavy atom. The number of aryl methyl sites for hydroxylation is 1. The average Bonchev–Trinajstić information content (AvgIpc) is 3.35. The van der Waals surface area contributed by atoms with Crippen LogP contribution in [0.4, 0.5) is 5.82 Å². The Labute approximate surface area is 204 Å². The molecule has 1 aliphatic rings. The van der Waals surface area contributed by atoms with E-state index in [1.165, 1.54) is 0 Å². The van der Waals surface area contributed by atoms with Gasteiger partial charge in [0.2, 0.25) is 5.91 Å². The highest BCUT2D eigenvalue weighted by Crippen LogP contribution is 2.30. The molecule has 5 rings (SSSR count). The molecule has 1 aliphatic heterocycles. The third-order valence-corrected chi connectivity index (χ3v) is 6.11. The molecule has 0 saturated heterocycles. The van der Waals surface area contributed by atoms with E-state index in [4.69, 9.17) is 9.84 Å². The van der Waals surface area contributed by atoms with Crippen molar-refractivity contribution < 1.29 is 14.3 Å². The smallest absolute Gasteiger partial charge is 0.251 e. The van der Waals surface area contributed by atoms with Gasteiger partial charge in [0.25, 0.3) is 5.91 Å². The normalized spacial score (nSPS) is 12.8. The molecule has 7 nitrogen and oxygen atoms in total. The molecule has 1 aromatic heterocycles. The van der Waals surface area contributed by atoms with Crippen molar-refractivity contribution in [3.8, 4) is 17.0 Å². The lowest BCUT2D eigenvalue weighted by Crippen LogP contribution is -2.36. The van der Waals surface area contributed by atoms with Crippen molar-refractivity contribution in [1.82, 2.24) is 15.1 Å². The minimum Gasteiger partial charge on any atom is -0.497 e. The number of rotatable bonds is 7. The molecule has 0 bridgehead atoms. The standard InChI is InChI=1S/C28H26N4O3/c1-35-24-13-11-22(12-14-24)25-17-26-31(27(33)15-16-32(26)30-25)19-21-7-9-23(10-8-21)28(34)29-18-20-5-3-2-4-6-20/h2-14,17H,15-16,18-19H2,1H3,(H,29,34). The van der Waals surface area contributed by atoms with Crippen LogP contribution >= 0.6 is 0 Å². The third-order valence-electron chi connectivity index (χ3n) is 6.11. The van der Waals surface area contributed by atoms with E-state index in [2.05, 4.69) is 5.32 Å². The number of hydrogen-bond donors (Lipinski definition) is 1. The Bertz CT molecular complexity index is 1330. The first-order valence-corrected chi connectivity index (χ1v) is 11.5. The summed E-state index contributed by atoms with van der Waals surface area (Å²) in [6, 6.07) is 26.8. The van der Waals surface area contributed by atoms with E-state index < -0.39 is 0 Å². The highest BCUT2D eigenvalue weighted by atomic mass is 16.5. The lowest BCUT2D eigenvalue weighted by atomic mass is 10.1. The van der Waals surface area contributed by atoms with Crippen LogP contribution in [0.3, 0.4) is 0 Å². The Hall–Kier alpha value is -4.39. The van der Waals surface area contributed by atoms with Crippen LogP contribution in [0.1, 0.15) is 27.9 Å². The molecular formula is C28H26N4O3. The van der Waals surface area contributed by atoms with Crippen LogP contribution in [-0.4, -0.2) is 28.7 Å². The Kier molecular flexibility index (Phi) is 6.30. The molecule has 0 fully saturated rings. The zero-order chi connectivity index (χ0) is 24.2. The number of carbonyl (C=O) groups excluding carboxylic acids is 2. The van der Waals surface area contributed by atoms with Crippen molar-refractivity contribution in [2.24, 2.45) is 0 Å². The van der Waals surface area contributed by atoms with Crippen LogP contribution in [0.5, 0.6) is 5.75 Å². The molecule has 0 atom stereocenters.